The van der Waals surface area contributed by atoms with Crippen LogP contribution in [0.4, 0.5) is 5.69 Å². The van der Waals surface area contributed by atoms with Crippen LogP contribution in [0.25, 0.3) is 10.8 Å². The lowest BCUT2D eigenvalue weighted by molar-refractivity contribution is -0.114. The van der Waals surface area contributed by atoms with Crippen molar-refractivity contribution in [2.45, 2.75) is 51.5 Å². The molecule has 7 heteroatoms. The third kappa shape index (κ3) is 6.34. The number of benzene rings is 2. The number of aromatic nitrogens is 3. The van der Waals surface area contributed by atoms with Gasteiger partial charge in [-0.2, -0.15) is 5.10 Å². The Morgan fingerprint density at radius 2 is 1.74 bits per heavy atom. The molecular weight excluding hydrogens is 474 g/mol. The monoisotopic (exact) mass is 509 g/mol. The first-order valence-corrected chi connectivity index (χ1v) is 13.6. The number of amides is 1. The van der Waals surface area contributed by atoms with Crippen molar-refractivity contribution in [2.75, 3.05) is 25.0 Å². The van der Waals surface area contributed by atoms with Crippen molar-refractivity contribution in [3.05, 3.63) is 100 Å². The molecule has 1 fully saturated rings. The van der Waals surface area contributed by atoms with Crippen molar-refractivity contribution < 1.29 is 4.79 Å². The van der Waals surface area contributed by atoms with Crippen molar-refractivity contribution >= 4 is 22.4 Å². The molecule has 1 amide bonds. The zero-order valence-corrected chi connectivity index (χ0v) is 22.0. The lowest BCUT2D eigenvalue weighted by Crippen LogP contribution is -2.35. The molecule has 1 aliphatic rings. The van der Waals surface area contributed by atoms with Gasteiger partial charge in [-0.25, -0.2) is 4.68 Å². The molecule has 5 rings (SSSR count). The number of rotatable bonds is 9. The minimum atomic E-state index is -0.0442. The van der Waals surface area contributed by atoms with Gasteiger partial charge in [0.15, 0.2) is 0 Å². The number of likely N-dealkylation sites (tertiary alicyclic amines) is 1. The van der Waals surface area contributed by atoms with E-state index >= 15 is 0 Å². The van der Waals surface area contributed by atoms with Gasteiger partial charge in [0, 0.05) is 36.4 Å². The van der Waals surface area contributed by atoms with Crippen LogP contribution in [0.3, 0.4) is 0 Å². The third-order valence-electron chi connectivity index (χ3n) is 7.40. The minimum Gasteiger partial charge on any atom is -0.326 e. The molecule has 1 aliphatic heterocycles. The molecule has 38 heavy (non-hydrogen) atoms. The summed E-state index contributed by atoms with van der Waals surface area (Å²) in [5.41, 5.74) is 4.13. The van der Waals surface area contributed by atoms with Crippen molar-refractivity contribution in [2.24, 2.45) is 0 Å². The topological polar surface area (TPSA) is 80.1 Å². The summed E-state index contributed by atoms with van der Waals surface area (Å²) in [7, 11) is 0. The smallest absolute Gasteiger partial charge is 0.274 e. The molecule has 3 heterocycles. The Morgan fingerprint density at radius 1 is 0.947 bits per heavy atom. The minimum absolute atomic E-state index is 0.0139. The van der Waals surface area contributed by atoms with E-state index in [9.17, 15) is 9.59 Å². The Kier molecular flexibility index (Phi) is 8.24. The summed E-state index contributed by atoms with van der Waals surface area (Å²) < 4.78 is 1.66. The number of nitrogens with one attached hydrogen (secondary N) is 1. The molecule has 7 nitrogen and oxygen atoms in total. The Balaban J connectivity index is 1.19. The molecule has 0 unspecified atom stereocenters. The number of nitrogens with zero attached hydrogens (tertiary/aromatic N) is 4. The number of carbonyl (C=O) groups excluding carboxylic acids is 1. The van der Waals surface area contributed by atoms with E-state index in [-0.39, 0.29) is 11.5 Å². The SMILES string of the molecule is CC(=O)Nc1cccc(C2CCN(CCCn3nc(CCc4ccccn4)c4ccccc4c3=O)CC2)c1. The molecule has 0 radical (unpaired) electrons. The Bertz CT molecular complexity index is 1440. The van der Waals surface area contributed by atoms with Crippen LogP contribution in [0.5, 0.6) is 0 Å². The Morgan fingerprint density at radius 3 is 2.50 bits per heavy atom. The predicted molar refractivity (Wildman–Crippen MR) is 151 cm³/mol. The summed E-state index contributed by atoms with van der Waals surface area (Å²) in [6, 6.07) is 22.0. The lowest BCUT2D eigenvalue weighted by Gasteiger charge is -2.32. The van der Waals surface area contributed by atoms with Gasteiger partial charge in [0.1, 0.15) is 0 Å². The van der Waals surface area contributed by atoms with Gasteiger partial charge in [0.2, 0.25) is 5.91 Å². The molecule has 2 aromatic carbocycles. The highest BCUT2D eigenvalue weighted by molar-refractivity contribution is 5.88. The maximum Gasteiger partial charge on any atom is 0.274 e. The number of hydrogen-bond acceptors (Lipinski definition) is 5. The summed E-state index contributed by atoms with van der Waals surface area (Å²) in [5, 5.41) is 9.37. The van der Waals surface area contributed by atoms with Crippen molar-refractivity contribution in [3.8, 4) is 0 Å². The fraction of sp³-hybridized carbons (Fsp3) is 0.355. The zero-order chi connectivity index (χ0) is 26.3. The number of carbonyl (C=O) groups is 1. The van der Waals surface area contributed by atoms with E-state index in [1.807, 2.05) is 60.8 Å². The number of anilines is 1. The average Bonchev–Trinajstić information content (AvgIpc) is 2.94. The molecule has 1 saturated heterocycles. The van der Waals surface area contributed by atoms with E-state index < -0.39 is 0 Å². The van der Waals surface area contributed by atoms with E-state index in [2.05, 4.69) is 27.3 Å². The van der Waals surface area contributed by atoms with Crippen LogP contribution in [0.15, 0.2) is 77.7 Å². The van der Waals surface area contributed by atoms with Gasteiger partial charge in [0.05, 0.1) is 11.1 Å². The molecular formula is C31H35N5O2. The second-order valence-corrected chi connectivity index (χ2v) is 10.1. The third-order valence-corrected chi connectivity index (χ3v) is 7.40. The predicted octanol–water partition coefficient (Wildman–Crippen LogP) is 4.80. The largest absolute Gasteiger partial charge is 0.326 e. The molecule has 1 N–H and O–H groups in total. The summed E-state index contributed by atoms with van der Waals surface area (Å²) in [5.74, 6) is 0.462. The zero-order valence-electron chi connectivity index (χ0n) is 22.0. The maximum absolute atomic E-state index is 13.2. The van der Waals surface area contributed by atoms with Crippen molar-refractivity contribution in [1.82, 2.24) is 19.7 Å². The van der Waals surface area contributed by atoms with E-state index in [1.54, 1.807) is 4.68 Å². The maximum atomic E-state index is 13.2. The first-order valence-electron chi connectivity index (χ1n) is 13.6. The van der Waals surface area contributed by atoms with Gasteiger partial charge < -0.3 is 10.2 Å². The number of fused-ring (bicyclic) bond motifs is 1. The van der Waals surface area contributed by atoms with Crippen LogP contribution in [0, 0.1) is 0 Å². The fourth-order valence-corrected chi connectivity index (χ4v) is 5.44. The van der Waals surface area contributed by atoms with E-state index in [0.29, 0.717) is 12.5 Å². The van der Waals surface area contributed by atoms with Gasteiger partial charge >= 0.3 is 0 Å². The molecule has 0 spiro atoms. The molecule has 0 bridgehead atoms. The van der Waals surface area contributed by atoms with E-state index in [4.69, 9.17) is 5.10 Å². The molecule has 4 aromatic rings. The summed E-state index contributed by atoms with van der Waals surface area (Å²) in [6.07, 6.45) is 6.42. The summed E-state index contributed by atoms with van der Waals surface area (Å²) >= 11 is 0. The first kappa shape index (κ1) is 25.8. The average molecular weight is 510 g/mol. The van der Waals surface area contributed by atoms with Gasteiger partial charge in [0.25, 0.3) is 5.56 Å². The van der Waals surface area contributed by atoms with Crippen molar-refractivity contribution in [1.29, 1.82) is 0 Å². The highest BCUT2D eigenvalue weighted by Crippen LogP contribution is 2.29. The molecule has 2 aromatic heterocycles. The fourth-order valence-electron chi connectivity index (χ4n) is 5.44. The highest BCUT2D eigenvalue weighted by Gasteiger charge is 2.21. The van der Waals surface area contributed by atoms with Crippen LogP contribution in [0.2, 0.25) is 0 Å². The summed E-state index contributed by atoms with van der Waals surface area (Å²) in [6.45, 7) is 5.16. The van der Waals surface area contributed by atoms with Crippen molar-refractivity contribution in [3.63, 3.8) is 0 Å². The number of pyridine rings is 1. The standard InChI is InChI=1S/C31H35N5O2/c1-23(37)33-27-10-6-8-25(22-27)24-15-20-35(21-16-24)18-7-19-36-31(38)29-12-3-2-11-28(29)30(34-36)14-13-26-9-4-5-17-32-26/h2-6,8-12,17,22,24H,7,13-16,18-21H2,1H3,(H,33,37). The van der Waals surface area contributed by atoms with Gasteiger partial charge in [-0.1, -0.05) is 36.4 Å². The molecule has 0 aliphatic carbocycles. The lowest BCUT2D eigenvalue weighted by atomic mass is 9.89. The molecule has 0 saturated carbocycles. The normalized spacial score (nSPS) is 14.6. The van der Waals surface area contributed by atoms with Gasteiger partial charge in [-0.05, 0) is 93.6 Å². The van der Waals surface area contributed by atoms with E-state index in [1.165, 1.54) is 12.5 Å². The quantitative estimate of drug-likeness (QED) is 0.350. The molecule has 196 valence electrons. The summed E-state index contributed by atoms with van der Waals surface area (Å²) in [4.78, 5) is 31.5. The number of aryl methyl sites for hydroxylation is 3. The Hall–Kier alpha value is -3.84. The second-order valence-electron chi connectivity index (χ2n) is 10.1. The van der Waals surface area contributed by atoms with E-state index in [0.717, 1.165) is 79.6 Å². The highest BCUT2D eigenvalue weighted by atomic mass is 16.1. The van der Waals surface area contributed by atoms with Crippen LogP contribution in [-0.2, 0) is 24.2 Å². The number of piperidine rings is 1. The number of hydrogen-bond donors (Lipinski definition) is 1. The van der Waals surface area contributed by atoms with Gasteiger partial charge in [-0.3, -0.25) is 14.6 Å². The first-order chi connectivity index (χ1) is 18.6. The van der Waals surface area contributed by atoms with Crippen LogP contribution < -0.4 is 10.9 Å². The van der Waals surface area contributed by atoms with Crippen LogP contribution in [-0.4, -0.2) is 45.2 Å². The molecule has 0 atom stereocenters. The van der Waals surface area contributed by atoms with Gasteiger partial charge in [-0.15, -0.1) is 0 Å². The van der Waals surface area contributed by atoms with Crippen LogP contribution in [0.1, 0.15) is 49.1 Å². The Labute approximate surface area is 223 Å². The second kappa shape index (κ2) is 12.1. The van der Waals surface area contributed by atoms with Crippen LogP contribution >= 0.6 is 0 Å².